The van der Waals surface area contributed by atoms with Crippen LogP contribution >= 0.6 is 0 Å². The Labute approximate surface area is 104 Å². The Kier molecular flexibility index (Phi) is 2.30. The van der Waals surface area contributed by atoms with Gasteiger partial charge < -0.3 is 14.7 Å². The third kappa shape index (κ3) is 1.72. The number of nitrogens with zero attached hydrogens (tertiary/aromatic N) is 2. The molecule has 1 heterocycles. The molecule has 4 nitrogen and oxygen atoms in total. The van der Waals surface area contributed by atoms with Crippen LogP contribution in [0.3, 0.4) is 0 Å². The summed E-state index contributed by atoms with van der Waals surface area (Å²) in [6, 6.07) is 11.1. The molecule has 1 aromatic rings. The van der Waals surface area contributed by atoms with E-state index in [0.29, 0.717) is 11.1 Å². The first-order valence-electron chi connectivity index (χ1n) is 5.70. The number of aromatic nitrogens is 1. The highest BCUT2D eigenvalue weighted by Gasteiger charge is 2.09. The SMILES string of the molecule is CN(C)c1ccc2nc3ccc(=N)cc-3oc2c1. The average Bonchev–Trinajstić information content (AvgIpc) is 2.35. The predicted octanol–water partition coefficient (Wildman–Crippen LogP) is 2.48. The number of hydrogen-bond acceptors (Lipinski definition) is 4. The zero-order chi connectivity index (χ0) is 12.7. The van der Waals surface area contributed by atoms with Gasteiger partial charge >= 0.3 is 0 Å². The molecule has 0 bridgehead atoms. The summed E-state index contributed by atoms with van der Waals surface area (Å²) in [7, 11) is 3.97. The molecule has 1 aliphatic carbocycles. The summed E-state index contributed by atoms with van der Waals surface area (Å²) in [5.41, 5.74) is 3.40. The van der Waals surface area contributed by atoms with E-state index in [9.17, 15) is 0 Å². The number of benzene rings is 2. The maximum Gasteiger partial charge on any atom is 0.155 e. The molecule has 0 saturated carbocycles. The second kappa shape index (κ2) is 3.84. The van der Waals surface area contributed by atoms with Crippen LogP contribution in [0.4, 0.5) is 5.69 Å². The van der Waals surface area contributed by atoms with Crippen molar-refractivity contribution >= 4 is 16.8 Å². The van der Waals surface area contributed by atoms with Crippen LogP contribution in [0.5, 0.6) is 0 Å². The molecule has 18 heavy (non-hydrogen) atoms. The van der Waals surface area contributed by atoms with Gasteiger partial charge in [0, 0.05) is 31.9 Å². The van der Waals surface area contributed by atoms with Crippen LogP contribution in [-0.2, 0) is 0 Å². The van der Waals surface area contributed by atoms with Crippen molar-refractivity contribution in [3.63, 3.8) is 0 Å². The van der Waals surface area contributed by atoms with E-state index < -0.39 is 0 Å². The van der Waals surface area contributed by atoms with Gasteiger partial charge in [0.2, 0.25) is 0 Å². The zero-order valence-electron chi connectivity index (χ0n) is 10.3. The quantitative estimate of drug-likeness (QED) is 0.664. The van der Waals surface area contributed by atoms with Gasteiger partial charge in [0.25, 0.3) is 0 Å². The first kappa shape index (κ1) is 10.8. The largest absolute Gasteiger partial charge is 0.453 e. The highest BCUT2D eigenvalue weighted by Crippen LogP contribution is 2.26. The standard InChI is InChI=1S/C14H13N3O/c1-17(2)10-4-6-12-14(8-10)18-13-7-9(15)3-5-11(13)16-12/h3-8,15H,1-2H3. The van der Waals surface area contributed by atoms with E-state index in [1.807, 2.05) is 37.2 Å². The summed E-state index contributed by atoms with van der Waals surface area (Å²) < 4.78 is 5.81. The van der Waals surface area contributed by atoms with Crippen LogP contribution in [0.15, 0.2) is 40.8 Å². The summed E-state index contributed by atoms with van der Waals surface area (Å²) in [5.74, 6) is 0.644. The minimum Gasteiger partial charge on any atom is -0.453 e. The van der Waals surface area contributed by atoms with E-state index in [1.165, 1.54) is 0 Å². The van der Waals surface area contributed by atoms with Gasteiger partial charge in [-0.25, -0.2) is 4.98 Å². The molecule has 0 saturated heterocycles. The molecule has 3 rings (SSSR count). The van der Waals surface area contributed by atoms with Crippen LogP contribution < -0.4 is 10.3 Å². The van der Waals surface area contributed by atoms with Gasteiger partial charge in [0.1, 0.15) is 11.2 Å². The van der Waals surface area contributed by atoms with E-state index in [4.69, 9.17) is 9.83 Å². The minimum absolute atomic E-state index is 0.427. The maximum absolute atomic E-state index is 7.60. The Hall–Kier alpha value is -2.36. The topological polar surface area (TPSA) is 53.1 Å². The summed E-state index contributed by atoms with van der Waals surface area (Å²) in [5, 5.41) is 8.03. The van der Waals surface area contributed by atoms with Crippen LogP contribution in [0, 0.1) is 5.41 Å². The molecule has 0 radical (unpaired) electrons. The van der Waals surface area contributed by atoms with E-state index in [1.54, 1.807) is 18.2 Å². The predicted molar refractivity (Wildman–Crippen MR) is 70.8 cm³/mol. The van der Waals surface area contributed by atoms with Gasteiger partial charge in [-0.2, -0.15) is 0 Å². The Bertz CT molecular complexity index is 746. The molecule has 1 aromatic carbocycles. The summed E-state index contributed by atoms with van der Waals surface area (Å²) in [4.78, 5) is 6.54. The van der Waals surface area contributed by atoms with Crippen LogP contribution in [0.25, 0.3) is 22.6 Å². The van der Waals surface area contributed by atoms with Gasteiger partial charge in [0.05, 0.1) is 5.36 Å². The third-order valence-corrected chi connectivity index (χ3v) is 2.88. The molecule has 0 fully saturated rings. The lowest BCUT2D eigenvalue weighted by atomic mass is 10.2. The van der Waals surface area contributed by atoms with E-state index in [0.717, 1.165) is 22.5 Å². The zero-order valence-corrected chi connectivity index (χ0v) is 10.3. The van der Waals surface area contributed by atoms with Gasteiger partial charge in [-0.1, -0.05) is 0 Å². The molecule has 90 valence electrons. The van der Waals surface area contributed by atoms with Crippen molar-refractivity contribution in [2.75, 3.05) is 19.0 Å². The third-order valence-electron chi connectivity index (χ3n) is 2.88. The van der Waals surface area contributed by atoms with Crippen molar-refractivity contribution in [3.05, 3.63) is 41.8 Å². The smallest absolute Gasteiger partial charge is 0.155 e. The molecule has 2 aliphatic rings. The minimum atomic E-state index is 0.427. The van der Waals surface area contributed by atoms with Crippen molar-refractivity contribution < 1.29 is 4.42 Å². The molecule has 0 amide bonds. The van der Waals surface area contributed by atoms with Crippen LogP contribution in [0.1, 0.15) is 0 Å². The molecule has 1 aliphatic heterocycles. The highest BCUT2D eigenvalue weighted by molar-refractivity contribution is 5.79. The molecule has 0 atom stereocenters. The molecule has 1 N–H and O–H groups in total. The fourth-order valence-corrected chi connectivity index (χ4v) is 1.89. The van der Waals surface area contributed by atoms with Gasteiger partial charge in [-0.15, -0.1) is 0 Å². The second-order valence-electron chi connectivity index (χ2n) is 4.44. The summed E-state index contributed by atoms with van der Waals surface area (Å²) >= 11 is 0. The fourth-order valence-electron chi connectivity index (χ4n) is 1.89. The van der Waals surface area contributed by atoms with Crippen LogP contribution in [0.2, 0.25) is 0 Å². The number of hydrogen-bond donors (Lipinski definition) is 1. The van der Waals surface area contributed by atoms with Gasteiger partial charge in [0.15, 0.2) is 11.3 Å². The highest BCUT2D eigenvalue weighted by atomic mass is 16.3. The molecule has 0 spiro atoms. The van der Waals surface area contributed by atoms with Crippen molar-refractivity contribution in [2.45, 2.75) is 0 Å². The van der Waals surface area contributed by atoms with Crippen molar-refractivity contribution in [1.82, 2.24) is 4.98 Å². The Morgan fingerprint density at radius 3 is 2.72 bits per heavy atom. The first-order chi connectivity index (χ1) is 8.63. The summed E-state index contributed by atoms with van der Waals surface area (Å²) in [6.07, 6.45) is 0. The van der Waals surface area contributed by atoms with E-state index >= 15 is 0 Å². The molecule has 4 heteroatoms. The van der Waals surface area contributed by atoms with E-state index in [2.05, 4.69) is 4.98 Å². The van der Waals surface area contributed by atoms with Gasteiger partial charge in [-0.05, 0) is 24.3 Å². The Morgan fingerprint density at radius 2 is 1.94 bits per heavy atom. The molecular weight excluding hydrogens is 226 g/mol. The molecular formula is C14H13N3O. The molecule has 0 unspecified atom stereocenters. The average molecular weight is 239 g/mol. The Balaban J connectivity index is 2.33. The monoisotopic (exact) mass is 239 g/mol. The van der Waals surface area contributed by atoms with Crippen molar-refractivity contribution in [1.29, 1.82) is 5.41 Å². The molecule has 0 aromatic heterocycles. The maximum atomic E-state index is 7.60. The van der Waals surface area contributed by atoms with Gasteiger partial charge in [-0.3, -0.25) is 0 Å². The van der Waals surface area contributed by atoms with Crippen LogP contribution in [-0.4, -0.2) is 19.1 Å². The number of fused-ring (bicyclic) bond motifs is 2. The van der Waals surface area contributed by atoms with Crippen molar-refractivity contribution in [2.24, 2.45) is 0 Å². The first-order valence-corrected chi connectivity index (χ1v) is 5.70. The normalized spacial score (nSPS) is 11.0. The lowest BCUT2D eigenvalue weighted by Crippen LogP contribution is -2.08. The number of nitrogens with one attached hydrogen (secondary N) is 1. The lowest BCUT2D eigenvalue weighted by Gasteiger charge is -2.13. The van der Waals surface area contributed by atoms with Crippen molar-refractivity contribution in [3.8, 4) is 11.5 Å². The number of anilines is 1. The summed E-state index contributed by atoms with van der Waals surface area (Å²) in [6.45, 7) is 0. The number of rotatable bonds is 1. The Morgan fingerprint density at radius 1 is 1.11 bits per heavy atom. The lowest BCUT2D eigenvalue weighted by molar-refractivity contribution is 0.612. The fraction of sp³-hybridized carbons (Fsp3) is 0.143. The van der Waals surface area contributed by atoms with E-state index in [-0.39, 0.29) is 0 Å². The second-order valence-corrected chi connectivity index (χ2v) is 4.44.